The van der Waals surface area contributed by atoms with Gasteiger partial charge in [-0.25, -0.2) is 13.2 Å². The number of carboxylic acid groups (broad SMARTS) is 1. The Bertz CT molecular complexity index is 1250. The Morgan fingerprint density at radius 3 is 2.78 bits per heavy atom. The lowest BCUT2D eigenvalue weighted by Crippen LogP contribution is -2.14. The van der Waals surface area contributed by atoms with Crippen molar-refractivity contribution >= 4 is 21.7 Å². The molecule has 0 unspecified atom stereocenters. The maximum atomic E-state index is 12.9. The molecule has 168 valence electrons. The molecule has 1 aliphatic heterocycles. The molecule has 4 rings (SSSR count). The molecular formula is C22H24N4O5S. The number of aromatic nitrogens is 3. The van der Waals surface area contributed by atoms with Crippen LogP contribution >= 0.6 is 0 Å². The van der Waals surface area contributed by atoms with Gasteiger partial charge in [0.1, 0.15) is 11.6 Å². The van der Waals surface area contributed by atoms with Crippen LogP contribution in [0.2, 0.25) is 0 Å². The fourth-order valence-corrected chi connectivity index (χ4v) is 4.86. The lowest BCUT2D eigenvalue weighted by molar-refractivity contribution is -0.139. The van der Waals surface area contributed by atoms with E-state index in [9.17, 15) is 13.2 Å². The molecule has 3 aromatic rings. The highest BCUT2D eigenvalue weighted by molar-refractivity contribution is 7.92. The summed E-state index contributed by atoms with van der Waals surface area (Å²) in [6.07, 6.45) is 4.21. The molecule has 2 aromatic carbocycles. The van der Waals surface area contributed by atoms with Crippen LogP contribution in [0.1, 0.15) is 30.7 Å². The maximum Gasteiger partial charge on any atom is 0.341 e. The Morgan fingerprint density at radius 1 is 1.16 bits per heavy atom. The summed E-state index contributed by atoms with van der Waals surface area (Å²) in [6.45, 7) is 2.02. The van der Waals surface area contributed by atoms with Crippen LogP contribution in [0, 0.1) is 6.92 Å². The molecule has 0 amide bonds. The van der Waals surface area contributed by atoms with Gasteiger partial charge in [-0.3, -0.25) is 4.72 Å². The van der Waals surface area contributed by atoms with Gasteiger partial charge in [0.05, 0.1) is 4.90 Å². The molecule has 2 heterocycles. The monoisotopic (exact) mass is 456 g/mol. The smallest absolute Gasteiger partial charge is 0.341 e. The van der Waals surface area contributed by atoms with E-state index in [4.69, 9.17) is 9.84 Å². The molecule has 10 heteroatoms. The van der Waals surface area contributed by atoms with Crippen LogP contribution in [0.25, 0.3) is 11.4 Å². The van der Waals surface area contributed by atoms with Gasteiger partial charge in [-0.2, -0.15) is 0 Å². The third kappa shape index (κ3) is 4.75. The number of nitrogens with zero attached hydrogens (tertiary/aromatic N) is 3. The van der Waals surface area contributed by atoms with Crippen molar-refractivity contribution in [2.75, 3.05) is 11.3 Å². The zero-order valence-electron chi connectivity index (χ0n) is 17.6. The number of carboxylic acids is 1. The van der Waals surface area contributed by atoms with Gasteiger partial charge in [0, 0.05) is 24.2 Å². The summed E-state index contributed by atoms with van der Waals surface area (Å²) in [5, 5.41) is 17.4. The number of hydrogen-bond acceptors (Lipinski definition) is 6. The van der Waals surface area contributed by atoms with Crippen molar-refractivity contribution in [3.05, 3.63) is 53.9 Å². The zero-order chi connectivity index (χ0) is 22.7. The lowest BCUT2D eigenvalue weighted by atomic mass is 10.2. The van der Waals surface area contributed by atoms with Gasteiger partial charge in [0.15, 0.2) is 12.4 Å². The molecule has 0 saturated heterocycles. The minimum absolute atomic E-state index is 0.0550. The van der Waals surface area contributed by atoms with Crippen LogP contribution in [0.3, 0.4) is 0 Å². The Labute approximate surface area is 186 Å². The van der Waals surface area contributed by atoms with Crippen LogP contribution in [-0.2, 0) is 27.8 Å². The van der Waals surface area contributed by atoms with E-state index in [1.165, 1.54) is 18.2 Å². The van der Waals surface area contributed by atoms with Crippen LogP contribution in [0.15, 0.2) is 47.4 Å². The molecule has 2 N–H and O–H groups in total. The average molecular weight is 457 g/mol. The largest absolute Gasteiger partial charge is 0.482 e. The second kappa shape index (κ2) is 8.99. The van der Waals surface area contributed by atoms with Gasteiger partial charge in [-0.15, -0.1) is 10.2 Å². The molecule has 0 atom stereocenters. The first-order chi connectivity index (χ1) is 15.3. The first-order valence-corrected chi connectivity index (χ1v) is 11.8. The molecule has 0 radical (unpaired) electrons. The second-order valence-electron chi connectivity index (χ2n) is 7.70. The molecule has 0 aliphatic carbocycles. The van der Waals surface area contributed by atoms with Crippen molar-refractivity contribution < 1.29 is 23.1 Å². The van der Waals surface area contributed by atoms with E-state index in [1.54, 1.807) is 25.1 Å². The fraction of sp³-hybridized carbons (Fsp3) is 0.318. The number of anilines is 1. The highest BCUT2D eigenvalue weighted by Gasteiger charge is 2.19. The van der Waals surface area contributed by atoms with Crippen molar-refractivity contribution in [2.45, 2.75) is 44.0 Å². The number of hydrogen-bond donors (Lipinski definition) is 2. The van der Waals surface area contributed by atoms with Crippen LogP contribution in [-0.4, -0.2) is 40.9 Å². The number of fused-ring (bicyclic) bond motifs is 1. The Hall–Kier alpha value is -3.40. The van der Waals surface area contributed by atoms with E-state index in [-0.39, 0.29) is 4.90 Å². The minimum atomic E-state index is -3.86. The highest BCUT2D eigenvalue weighted by Crippen LogP contribution is 2.27. The topological polar surface area (TPSA) is 123 Å². The Morgan fingerprint density at radius 2 is 2.00 bits per heavy atom. The lowest BCUT2D eigenvalue weighted by Gasteiger charge is -2.12. The van der Waals surface area contributed by atoms with Crippen LogP contribution in [0.4, 0.5) is 5.69 Å². The van der Waals surface area contributed by atoms with Crippen LogP contribution in [0.5, 0.6) is 5.75 Å². The number of carbonyl (C=O) groups is 1. The standard InChI is InChI=1S/C22H24N4O5S/c1-15-12-18(9-10-19(15)31-14-21(27)28)32(29,30)25-17-7-5-6-16(13-17)22-24-23-20-8-3-2-4-11-26(20)22/h5-7,9-10,12-13,25H,2-4,8,11,14H2,1H3,(H,27,28). The number of sulfonamides is 1. The summed E-state index contributed by atoms with van der Waals surface area (Å²) >= 11 is 0. The number of nitrogens with one attached hydrogen (secondary N) is 1. The third-order valence-electron chi connectivity index (χ3n) is 5.29. The molecule has 0 saturated carbocycles. The summed E-state index contributed by atoms with van der Waals surface area (Å²) < 4.78 is 35.7. The third-order valence-corrected chi connectivity index (χ3v) is 6.67. The van der Waals surface area contributed by atoms with E-state index in [0.717, 1.165) is 49.4 Å². The number of rotatable bonds is 7. The summed E-state index contributed by atoms with van der Waals surface area (Å²) in [5.74, 6) is 0.913. The Balaban J connectivity index is 1.56. The maximum absolute atomic E-state index is 12.9. The molecule has 9 nitrogen and oxygen atoms in total. The normalized spacial score (nSPS) is 13.8. The van der Waals surface area contributed by atoms with E-state index in [0.29, 0.717) is 17.0 Å². The first-order valence-electron chi connectivity index (χ1n) is 10.3. The van der Waals surface area contributed by atoms with E-state index in [2.05, 4.69) is 19.5 Å². The number of ether oxygens (including phenoxy) is 1. The predicted octanol–water partition coefficient (Wildman–Crippen LogP) is 3.24. The van der Waals surface area contributed by atoms with Crippen LogP contribution < -0.4 is 9.46 Å². The van der Waals surface area contributed by atoms with Gasteiger partial charge in [0.2, 0.25) is 0 Å². The van der Waals surface area contributed by atoms with Crippen molar-refractivity contribution in [1.82, 2.24) is 14.8 Å². The van der Waals surface area contributed by atoms with Gasteiger partial charge < -0.3 is 14.4 Å². The average Bonchev–Trinajstić information content (AvgIpc) is 3.01. The quantitative estimate of drug-likeness (QED) is 0.559. The van der Waals surface area contributed by atoms with Crippen molar-refractivity contribution in [2.24, 2.45) is 0 Å². The molecule has 1 aromatic heterocycles. The van der Waals surface area contributed by atoms with Crippen molar-refractivity contribution in [3.8, 4) is 17.1 Å². The van der Waals surface area contributed by atoms with Gasteiger partial charge >= 0.3 is 5.97 Å². The predicted molar refractivity (Wildman–Crippen MR) is 118 cm³/mol. The molecule has 0 spiro atoms. The first kappa shape index (κ1) is 21.8. The van der Waals surface area contributed by atoms with E-state index in [1.807, 2.05) is 6.07 Å². The van der Waals surface area contributed by atoms with Gasteiger partial charge in [0.25, 0.3) is 10.0 Å². The van der Waals surface area contributed by atoms with Crippen molar-refractivity contribution in [3.63, 3.8) is 0 Å². The summed E-state index contributed by atoms with van der Waals surface area (Å²) in [4.78, 5) is 10.7. The SMILES string of the molecule is Cc1cc(S(=O)(=O)Nc2cccc(-c3nnc4n3CCCCC4)c2)ccc1OCC(=O)O. The number of aliphatic carboxylic acids is 1. The fourth-order valence-electron chi connectivity index (χ4n) is 3.72. The summed E-state index contributed by atoms with van der Waals surface area (Å²) in [6, 6.07) is 11.4. The van der Waals surface area contributed by atoms with E-state index < -0.39 is 22.6 Å². The molecule has 0 fully saturated rings. The highest BCUT2D eigenvalue weighted by atomic mass is 32.2. The summed E-state index contributed by atoms with van der Waals surface area (Å²) in [7, 11) is -3.86. The van der Waals surface area contributed by atoms with E-state index >= 15 is 0 Å². The Kier molecular flexibility index (Phi) is 6.13. The zero-order valence-corrected chi connectivity index (χ0v) is 18.4. The molecular weight excluding hydrogens is 432 g/mol. The summed E-state index contributed by atoms with van der Waals surface area (Å²) in [5.41, 5.74) is 1.73. The molecule has 32 heavy (non-hydrogen) atoms. The molecule has 0 bridgehead atoms. The number of benzene rings is 2. The van der Waals surface area contributed by atoms with Gasteiger partial charge in [-0.05, 0) is 55.7 Å². The second-order valence-corrected chi connectivity index (χ2v) is 9.38. The van der Waals surface area contributed by atoms with Gasteiger partial charge in [-0.1, -0.05) is 18.6 Å². The van der Waals surface area contributed by atoms with Crippen molar-refractivity contribution in [1.29, 1.82) is 0 Å². The minimum Gasteiger partial charge on any atom is -0.482 e. The molecule has 1 aliphatic rings. The number of aryl methyl sites for hydroxylation is 2.